The van der Waals surface area contributed by atoms with Gasteiger partial charge in [-0.2, -0.15) is 4.39 Å². The van der Waals surface area contributed by atoms with Crippen molar-refractivity contribution >= 4 is 0 Å². The van der Waals surface area contributed by atoms with E-state index in [4.69, 9.17) is 4.74 Å². The fourth-order valence-electron chi connectivity index (χ4n) is 4.52. The van der Waals surface area contributed by atoms with E-state index in [1.165, 1.54) is 49.1 Å². The zero-order valence-electron chi connectivity index (χ0n) is 20.7. The van der Waals surface area contributed by atoms with Crippen molar-refractivity contribution in [2.75, 3.05) is 7.11 Å². The molecule has 35 heavy (non-hydrogen) atoms. The third-order valence-corrected chi connectivity index (χ3v) is 6.62. The van der Waals surface area contributed by atoms with Gasteiger partial charge in [-0.15, -0.1) is 0 Å². The van der Waals surface area contributed by atoms with Crippen molar-refractivity contribution in [3.63, 3.8) is 0 Å². The summed E-state index contributed by atoms with van der Waals surface area (Å²) in [6.07, 6.45) is 5.59. The van der Waals surface area contributed by atoms with Gasteiger partial charge >= 0.3 is 0 Å². The van der Waals surface area contributed by atoms with Gasteiger partial charge in [0.05, 0.1) is 7.11 Å². The van der Waals surface area contributed by atoms with Crippen molar-refractivity contribution in [2.45, 2.75) is 46.0 Å². The van der Waals surface area contributed by atoms with Crippen LogP contribution in [0, 0.1) is 11.6 Å². The van der Waals surface area contributed by atoms with Gasteiger partial charge in [0.1, 0.15) is 0 Å². The van der Waals surface area contributed by atoms with Crippen LogP contribution < -0.4 is 4.74 Å². The molecule has 0 amide bonds. The Labute approximate surface area is 207 Å². The van der Waals surface area contributed by atoms with Gasteiger partial charge in [0.2, 0.25) is 5.82 Å². The molecule has 0 saturated carbocycles. The maximum absolute atomic E-state index is 14.7. The minimum absolute atomic E-state index is 0.0906. The maximum Gasteiger partial charge on any atom is 0.201 e. The van der Waals surface area contributed by atoms with Crippen LogP contribution in [-0.4, -0.2) is 7.11 Å². The van der Waals surface area contributed by atoms with Crippen LogP contribution in [0.3, 0.4) is 0 Å². The molecule has 0 unspecified atom stereocenters. The van der Waals surface area contributed by atoms with Gasteiger partial charge in [0.15, 0.2) is 11.6 Å². The predicted octanol–water partition coefficient (Wildman–Crippen LogP) is 9.27. The van der Waals surface area contributed by atoms with E-state index < -0.39 is 11.6 Å². The molecule has 4 aromatic carbocycles. The Hall–Kier alpha value is -3.46. The van der Waals surface area contributed by atoms with Crippen molar-refractivity contribution in [3.05, 3.63) is 102 Å². The molecular weight excluding hydrogens is 438 g/mol. The second-order valence-electron chi connectivity index (χ2n) is 8.90. The lowest BCUT2D eigenvalue weighted by Gasteiger charge is -2.14. The fourth-order valence-corrected chi connectivity index (χ4v) is 4.52. The highest BCUT2D eigenvalue weighted by atomic mass is 19.2. The molecule has 0 bridgehead atoms. The van der Waals surface area contributed by atoms with Gasteiger partial charge in [-0.25, -0.2) is 4.39 Å². The molecule has 0 heterocycles. The summed E-state index contributed by atoms with van der Waals surface area (Å²) >= 11 is 0. The summed E-state index contributed by atoms with van der Waals surface area (Å²) in [5.41, 5.74) is 7.83. The van der Waals surface area contributed by atoms with Crippen LogP contribution in [-0.2, 0) is 12.8 Å². The average molecular weight is 471 g/mol. The lowest BCUT2D eigenvalue weighted by atomic mass is 9.92. The molecule has 0 atom stereocenters. The fraction of sp³-hybridized carbons (Fsp3) is 0.250. The topological polar surface area (TPSA) is 9.23 Å². The van der Waals surface area contributed by atoms with E-state index in [2.05, 4.69) is 61.5 Å². The van der Waals surface area contributed by atoms with E-state index in [0.29, 0.717) is 12.0 Å². The van der Waals surface area contributed by atoms with Crippen LogP contribution >= 0.6 is 0 Å². The zero-order chi connectivity index (χ0) is 24.8. The SMILES string of the molecule is CCCCCc1ccc(-c2ccc(-c3ccc(-c4ccc(OC)c(F)c4F)c(CC)c3)cc2)cc1. The van der Waals surface area contributed by atoms with Gasteiger partial charge in [0.25, 0.3) is 0 Å². The Morgan fingerprint density at radius 3 is 1.80 bits per heavy atom. The minimum Gasteiger partial charge on any atom is -0.494 e. The van der Waals surface area contributed by atoms with Crippen molar-refractivity contribution in [1.29, 1.82) is 0 Å². The van der Waals surface area contributed by atoms with E-state index in [1.807, 2.05) is 19.1 Å². The number of hydrogen-bond donors (Lipinski definition) is 0. The highest BCUT2D eigenvalue weighted by Gasteiger charge is 2.17. The summed E-state index contributed by atoms with van der Waals surface area (Å²) in [6, 6.07) is 26.3. The lowest BCUT2D eigenvalue weighted by molar-refractivity contribution is 0.372. The van der Waals surface area contributed by atoms with Crippen LogP contribution in [0.2, 0.25) is 0 Å². The molecule has 4 rings (SSSR count). The van der Waals surface area contributed by atoms with E-state index in [-0.39, 0.29) is 11.3 Å². The normalized spacial score (nSPS) is 11.0. The third-order valence-electron chi connectivity index (χ3n) is 6.62. The lowest BCUT2D eigenvalue weighted by Crippen LogP contribution is -1.97. The number of hydrogen-bond acceptors (Lipinski definition) is 1. The molecule has 180 valence electrons. The molecule has 0 saturated heterocycles. The number of rotatable bonds is 9. The van der Waals surface area contributed by atoms with E-state index >= 15 is 0 Å². The first kappa shape index (κ1) is 24.7. The van der Waals surface area contributed by atoms with Crippen LogP contribution in [0.1, 0.15) is 44.2 Å². The van der Waals surface area contributed by atoms with Gasteiger partial charge in [0, 0.05) is 5.56 Å². The molecule has 0 aliphatic carbocycles. The molecule has 3 heteroatoms. The van der Waals surface area contributed by atoms with Crippen molar-refractivity contribution < 1.29 is 13.5 Å². The maximum atomic E-state index is 14.7. The van der Waals surface area contributed by atoms with Crippen molar-refractivity contribution in [1.82, 2.24) is 0 Å². The van der Waals surface area contributed by atoms with Crippen molar-refractivity contribution in [3.8, 4) is 39.1 Å². The molecule has 0 radical (unpaired) electrons. The summed E-state index contributed by atoms with van der Waals surface area (Å²) < 4.78 is 33.9. The summed E-state index contributed by atoms with van der Waals surface area (Å²) in [7, 11) is 1.33. The first-order chi connectivity index (χ1) is 17.0. The van der Waals surface area contributed by atoms with Crippen LogP contribution in [0.25, 0.3) is 33.4 Å². The Morgan fingerprint density at radius 2 is 1.20 bits per heavy atom. The smallest absolute Gasteiger partial charge is 0.201 e. The monoisotopic (exact) mass is 470 g/mol. The summed E-state index contributed by atoms with van der Waals surface area (Å²) in [6.45, 7) is 4.25. The predicted molar refractivity (Wildman–Crippen MR) is 142 cm³/mol. The summed E-state index contributed by atoms with van der Waals surface area (Å²) in [4.78, 5) is 0. The second-order valence-corrected chi connectivity index (χ2v) is 8.90. The average Bonchev–Trinajstić information content (AvgIpc) is 2.90. The number of halogens is 2. The number of unbranched alkanes of at least 4 members (excludes halogenated alkanes) is 2. The number of benzene rings is 4. The summed E-state index contributed by atoms with van der Waals surface area (Å²) in [5.74, 6) is -1.93. The van der Waals surface area contributed by atoms with Gasteiger partial charge in [-0.3, -0.25) is 0 Å². The Morgan fingerprint density at radius 1 is 0.629 bits per heavy atom. The third kappa shape index (κ3) is 5.45. The van der Waals surface area contributed by atoms with E-state index in [1.54, 1.807) is 6.07 Å². The minimum atomic E-state index is -0.958. The molecule has 0 aliphatic heterocycles. The molecule has 0 fully saturated rings. The van der Waals surface area contributed by atoms with Gasteiger partial charge in [-0.05, 0) is 70.3 Å². The number of ether oxygens (including phenoxy) is 1. The van der Waals surface area contributed by atoms with Gasteiger partial charge in [-0.1, -0.05) is 93.4 Å². The molecule has 0 N–H and O–H groups in total. The molecule has 4 aromatic rings. The second kappa shape index (κ2) is 11.3. The highest BCUT2D eigenvalue weighted by Crippen LogP contribution is 2.34. The largest absolute Gasteiger partial charge is 0.494 e. The van der Waals surface area contributed by atoms with Crippen LogP contribution in [0.15, 0.2) is 78.9 Å². The Balaban J connectivity index is 1.57. The first-order valence-electron chi connectivity index (χ1n) is 12.4. The first-order valence-corrected chi connectivity index (χ1v) is 12.4. The van der Waals surface area contributed by atoms with Crippen molar-refractivity contribution in [2.24, 2.45) is 0 Å². The highest BCUT2D eigenvalue weighted by molar-refractivity contribution is 5.76. The van der Waals surface area contributed by atoms with Gasteiger partial charge < -0.3 is 4.74 Å². The van der Waals surface area contributed by atoms with Crippen LogP contribution in [0.5, 0.6) is 5.75 Å². The zero-order valence-corrected chi connectivity index (χ0v) is 20.7. The molecule has 0 aromatic heterocycles. The molecular formula is C32H32F2O. The molecule has 0 aliphatic rings. The number of methoxy groups -OCH3 is 1. The Kier molecular flexibility index (Phi) is 7.97. The van der Waals surface area contributed by atoms with Crippen LogP contribution in [0.4, 0.5) is 8.78 Å². The van der Waals surface area contributed by atoms with E-state index in [0.717, 1.165) is 23.1 Å². The standard InChI is InChI=1S/C32H32F2O/c1-4-6-7-8-22-9-11-24(12-10-22)25-13-15-26(16-14-25)27-17-18-28(23(5-2)21-27)29-19-20-30(35-3)32(34)31(29)33/h9-21H,4-8H2,1-3H3. The number of aryl methyl sites for hydroxylation is 2. The molecule has 0 spiro atoms. The quantitative estimate of drug-likeness (QED) is 0.221. The Bertz CT molecular complexity index is 1270. The molecule has 1 nitrogen and oxygen atoms in total. The summed E-state index contributed by atoms with van der Waals surface area (Å²) in [5, 5.41) is 0. The van der Waals surface area contributed by atoms with E-state index in [9.17, 15) is 8.78 Å².